The molecule has 192 valence electrons. The van der Waals surface area contributed by atoms with Crippen molar-refractivity contribution in [2.45, 2.75) is 6.92 Å². The number of pyridine rings is 2. The van der Waals surface area contributed by atoms with Crippen LogP contribution in [-0.4, -0.2) is 34.8 Å². The van der Waals surface area contributed by atoms with Crippen LogP contribution in [0.4, 0.5) is 11.4 Å². The van der Waals surface area contributed by atoms with Crippen LogP contribution in [0.25, 0.3) is 0 Å². The maximum absolute atomic E-state index is 6.04. The predicted octanol–water partition coefficient (Wildman–Crippen LogP) is 8.56. The second kappa shape index (κ2) is 13.9. The second-order valence-corrected chi connectivity index (χ2v) is 9.14. The van der Waals surface area contributed by atoms with Crippen molar-refractivity contribution in [2.24, 2.45) is 4.99 Å². The van der Waals surface area contributed by atoms with Crippen molar-refractivity contribution in [1.29, 1.82) is 0 Å². The van der Waals surface area contributed by atoms with E-state index < -0.39 is 0 Å². The van der Waals surface area contributed by atoms with Crippen molar-refractivity contribution >= 4 is 64.1 Å². The van der Waals surface area contributed by atoms with Crippen molar-refractivity contribution in [3.05, 3.63) is 93.1 Å². The van der Waals surface area contributed by atoms with Crippen molar-refractivity contribution in [3.8, 4) is 23.3 Å². The van der Waals surface area contributed by atoms with Gasteiger partial charge in [-0.1, -0.05) is 46.4 Å². The Balaban J connectivity index is 0.000000213. The molecular formula is C26H23Cl4N5O2. The minimum absolute atomic E-state index is 0.429. The van der Waals surface area contributed by atoms with Crippen LogP contribution < -0.4 is 15.2 Å². The molecule has 37 heavy (non-hydrogen) atoms. The number of hydrogen-bond donors (Lipinski definition) is 1. The standard InChI is InChI=1S/C15H15Cl2N3O.C11H8Cl2N2O/c1-3-20(2)10-19-12-5-7-15(18-9-12)21-14-6-4-11(16)8-13(14)17;12-7-1-3-10(9(13)5-7)16-11-4-2-8(14)6-15-11/h4-10H,3H2,1-2H3;1-6H,14H2. The Kier molecular flexibility index (Phi) is 10.7. The number of aromatic nitrogens is 2. The zero-order valence-electron chi connectivity index (χ0n) is 19.9. The lowest BCUT2D eigenvalue weighted by atomic mass is 10.3. The summed E-state index contributed by atoms with van der Waals surface area (Å²) >= 11 is 23.6. The molecule has 2 heterocycles. The molecule has 0 atom stereocenters. The summed E-state index contributed by atoms with van der Waals surface area (Å²) in [6.45, 7) is 2.95. The molecule has 0 amide bonds. The maximum atomic E-state index is 6.04. The van der Waals surface area contributed by atoms with Gasteiger partial charge in [0.1, 0.15) is 11.5 Å². The third-order valence-corrected chi connectivity index (χ3v) is 5.66. The lowest BCUT2D eigenvalue weighted by Gasteiger charge is -2.08. The van der Waals surface area contributed by atoms with E-state index >= 15 is 0 Å². The van der Waals surface area contributed by atoms with E-state index in [1.54, 1.807) is 67.1 Å². The fourth-order valence-corrected chi connectivity index (χ4v) is 3.44. The molecule has 0 radical (unpaired) electrons. The van der Waals surface area contributed by atoms with Gasteiger partial charge in [0.05, 0.1) is 40.2 Å². The van der Waals surface area contributed by atoms with Crippen LogP contribution in [0.15, 0.2) is 78.0 Å². The Morgan fingerprint density at radius 1 is 0.811 bits per heavy atom. The predicted molar refractivity (Wildman–Crippen MR) is 152 cm³/mol. The van der Waals surface area contributed by atoms with Crippen molar-refractivity contribution < 1.29 is 9.47 Å². The number of nitrogens with zero attached hydrogens (tertiary/aromatic N) is 4. The second-order valence-electron chi connectivity index (χ2n) is 7.46. The van der Waals surface area contributed by atoms with E-state index in [1.807, 2.05) is 18.0 Å². The molecule has 0 saturated heterocycles. The molecule has 0 aliphatic carbocycles. The van der Waals surface area contributed by atoms with E-state index in [2.05, 4.69) is 21.9 Å². The first-order valence-electron chi connectivity index (χ1n) is 10.9. The lowest BCUT2D eigenvalue weighted by Crippen LogP contribution is -2.14. The van der Waals surface area contributed by atoms with Gasteiger partial charge in [-0.3, -0.25) is 0 Å². The summed E-state index contributed by atoms with van der Waals surface area (Å²) in [5, 5.41) is 2.00. The highest BCUT2D eigenvalue weighted by Crippen LogP contribution is 2.32. The van der Waals surface area contributed by atoms with Crippen molar-refractivity contribution in [1.82, 2.24) is 14.9 Å². The van der Waals surface area contributed by atoms with Crippen molar-refractivity contribution in [2.75, 3.05) is 19.3 Å². The molecule has 2 aromatic carbocycles. The molecule has 4 aromatic rings. The first-order valence-corrected chi connectivity index (χ1v) is 12.4. The zero-order valence-corrected chi connectivity index (χ0v) is 22.9. The largest absolute Gasteiger partial charge is 0.437 e. The molecule has 2 aromatic heterocycles. The Bertz CT molecular complexity index is 1340. The van der Waals surface area contributed by atoms with Gasteiger partial charge < -0.3 is 20.1 Å². The Labute approximate surface area is 235 Å². The van der Waals surface area contributed by atoms with Gasteiger partial charge in [-0.25, -0.2) is 15.0 Å². The summed E-state index contributed by atoms with van der Waals surface area (Å²) in [7, 11) is 1.96. The minimum Gasteiger partial charge on any atom is -0.437 e. The summed E-state index contributed by atoms with van der Waals surface area (Å²) in [6, 6.07) is 17.0. The topological polar surface area (TPSA) is 85.9 Å². The van der Waals surface area contributed by atoms with Gasteiger partial charge in [-0.15, -0.1) is 0 Å². The number of benzene rings is 2. The van der Waals surface area contributed by atoms with Crippen LogP contribution in [0.3, 0.4) is 0 Å². The van der Waals surface area contributed by atoms with Gasteiger partial charge in [0, 0.05) is 35.8 Å². The van der Waals surface area contributed by atoms with Crippen molar-refractivity contribution in [3.63, 3.8) is 0 Å². The van der Waals surface area contributed by atoms with Crippen LogP contribution in [0.1, 0.15) is 6.92 Å². The van der Waals surface area contributed by atoms with E-state index in [0.717, 1.165) is 12.2 Å². The van der Waals surface area contributed by atoms with E-state index in [9.17, 15) is 0 Å². The highest BCUT2D eigenvalue weighted by atomic mass is 35.5. The molecule has 0 saturated carbocycles. The minimum atomic E-state index is 0.429. The number of nitrogen functional groups attached to an aromatic ring is 1. The SMILES string of the molecule is CCN(C)C=Nc1ccc(Oc2ccc(Cl)cc2Cl)nc1.Nc1ccc(Oc2ccc(Cl)cc2Cl)nc1. The molecule has 7 nitrogen and oxygen atoms in total. The number of hydrogen-bond acceptors (Lipinski definition) is 6. The molecule has 0 unspecified atom stereocenters. The number of halogens is 4. The first kappa shape index (κ1) is 28.3. The third kappa shape index (κ3) is 9.30. The quantitative estimate of drug-likeness (QED) is 0.174. The van der Waals surface area contributed by atoms with Gasteiger partial charge in [0.15, 0.2) is 0 Å². The normalized spacial score (nSPS) is 10.5. The molecule has 0 spiro atoms. The monoisotopic (exact) mass is 577 g/mol. The molecule has 0 bridgehead atoms. The lowest BCUT2D eigenvalue weighted by molar-refractivity contribution is 0.463. The number of nitrogens with two attached hydrogens (primary N) is 1. The maximum Gasteiger partial charge on any atom is 0.219 e. The van der Waals surface area contributed by atoms with E-state index in [1.165, 1.54) is 6.20 Å². The van der Waals surface area contributed by atoms with Gasteiger partial charge >= 0.3 is 0 Å². The number of anilines is 1. The van der Waals surface area contributed by atoms with Gasteiger partial charge in [-0.2, -0.15) is 0 Å². The summed E-state index contributed by atoms with van der Waals surface area (Å²) in [5.41, 5.74) is 6.84. The number of rotatable bonds is 7. The average molecular weight is 579 g/mol. The Hall–Kier alpha value is -3.23. The molecular weight excluding hydrogens is 556 g/mol. The Morgan fingerprint density at radius 2 is 1.35 bits per heavy atom. The molecule has 4 rings (SSSR count). The molecule has 11 heteroatoms. The fraction of sp³-hybridized carbons (Fsp3) is 0.115. The summed E-state index contributed by atoms with van der Waals surface area (Å²) in [6.07, 6.45) is 4.91. The fourth-order valence-electron chi connectivity index (χ4n) is 2.55. The van der Waals surface area contributed by atoms with Gasteiger partial charge in [0.25, 0.3) is 0 Å². The molecule has 0 aliphatic rings. The Morgan fingerprint density at radius 3 is 1.78 bits per heavy atom. The van der Waals surface area contributed by atoms with Crippen LogP contribution in [0.2, 0.25) is 20.1 Å². The summed E-state index contributed by atoms with van der Waals surface area (Å²) in [4.78, 5) is 14.5. The van der Waals surface area contributed by atoms with E-state index in [0.29, 0.717) is 49.0 Å². The highest BCUT2D eigenvalue weighted by molar-refractivity contribution is 6.36. The smallest absolute Gasteiger partial charge is 0.219 e. The number of ether oxygens (including phenoxy) is 2. The summed E-state index contributed by atoms with van der Waals surface area (Å²) < 4.78 is 11.1. The van der Waals surface area contributed by atoms with Crippen LogP contribution in [0.5, 0.6) is 23.3 Å². The number of aliphatic imine (C=N–C) groups is 1. The van der Waals surface area contributed by atoms with Gasteiger partial charge in [0.2, 0.25) is 11.8 Å². The van der Waals surface area contributed by atoms with Crippen LogP contribution >= 0.6 is 46.4 Å². The average Bonchev–Trinajstić information content (AvgIpc) is 2.88. The first-order chi connectivity index (χ1) is 17.7. The van der Waals surface area contributed by atoms with Gasteiger partial charge in [-0.05, 0) is 55.5 Å². The zero-order chi connectivity index (χ0) is 26.8. The highest BCUT2D eigenvalue weighted by Gasteiger charge is 2.06. The molecule has 0 aliphatic heterocycles. The summed E-state index contributed by atoms with van der Waals surface area (Å²) in [5.74, 6) is 1.89. The third-order valence-electron chi connectivity index (χ3n) is 4.60. The van der Waals surface area contributed by atoms with Crippen LogP contribution in [-0.2, 0) is 0 Å². The molecule has 0 fully saturated rings. The van der Waals surface area contributed by atoms with E-state index in [4.69, 9.17) is 61.6 Å². The van der Waals surface area contributed by atoms with E-state index in [-0.39, 0.29) is 0 Å². The van der Waals surface area contributed by atoms with Crippen LogP contribution in [0, 0.1) is 0 Å². The molecule has 2 N–H and O–H groups in total.